The van der Waals surface area contributed by atoms with Gasteiger partial charge in [0.15, 0.2) is 0 Å². The van der Waals surface area contributed by atoms with Gasteiger partial charge in [0.2, 0.25) is 5.91 Å². The summed E-state index contributed by atoms with van der Waals surface area (Å²) < 4.78 is 11.1. The summed E-state index contributed by atoms with van der Waals surface area (Å²) in [7, 11) is 0. The first-order valence-corrected chi connectivity index (χ1v) is 11.9. The Morgan fingerprint density at radius 1 is 1.39 bits per heavy atom. The smallest absolute Gasteiger partial charge is 0.407 e. The Morgan fingerprint density at radius 3 is 3.03 bits per heavy atom. The largest absolute Gasteiger partial charge is 0.446 e. The highest BCUT2D eigenvalue weighted by atomic mass is 32.1. The Labute approximate surface area is 188 Å². The van der Waals surface area contributed by atoms with Crippen LogP contribution in [0.2, 0.25) is 0 Å². The SMILES string of the molecule is N#Cc1c(NC(=O)C=Cc2cccs2)sc2c1CCC(OC(=O)NCC1CCCO1)C2. The van der Waals surface area contributed by atoms with Crippen LogP contribution in [-0.4, -0.2) is 37.4 Å². The molecule has 31 heavy (non-hydrogen) atoms. The van der Waals surface area contributed by atoms with Crippen LogP contribution in [0.25, 0.3) is 6.08 Å². The Balaban J connectivity index is 1.34. The fraction of sp³-hybridized carbons (Fsp3) is 0.409. The van der Waals surface area contributed by atoms with E-state index in [-0.39, 0.29) is 18.1 Å². The number of hydrogen-bond acceptors (Lipinski definition) is 7. The molecule has 2 N–H and O–H groups in total. The van der Waals surface area contributed by atoms with Crippen molar-refractivity contribution in [1.29, 1.82) is 5.26 Å². The van der Waals surface area contributed by atoms with Crippen LogP contribution < -0.4 is 10.6 Å². The second kappa shape index (κ2) is 10.1. The second-order valence-electron chi connectivity index (χ2n) is 7.44. The summed E-state index contributed by atoms with van der Waals surface area (Å²) in [6.07, 6.45) is 6.42. The van der Waals surface area contributed by atoms with Crippen LogP contribution in [0.3, 0.4) is 0 Å². The minimum absolute atomic E-state index is 0.0704. The van der Waals surface area contributed by atoms with Gasteiger partial charge in [-0.1, -0.05) is 6.07 Å². The number of amides is 2. The standard InChI is InChI=1S/C22H23N3O4S2/c23-12-18-17-7-5-14(29-22(27)24-13-15-3-1-9-28-15)11-19(17)31-21(18)25-20(26)8-6-16-4-2-10-30-16/h2,4,6,8,10,14-15H,1,3,5,7,9,11,13H2,(H,24,27)(H,25,26). The molecule has 2 amide bonds. The molecule has 0 radical (unpaired) electrons. The van der Waals surface area contributed by atoms with Gasteiger partial charge in [-0.25, -0.2) is 4.79 Å². The zero-order valence-electron chi connectivity index (χ0n) is 16.9. The molecule has 7 nitrogen and oxygen atoms in total. The van der Waals surface area contributed by atoms with Gasteiger partial charge in [0.1, 0.15) is 17.2 Å². The summed E-state index contributed by atoms with van der Waals surface area (Å²) >= 11 is 2.93. The van der Waals surface area contributed by atoms with Gasteiger partial charge in [0.05, 0.1) is 11.7 Å². The van der Waals surface area contributed by atoms with Crippen LogP contribution >= 0.6 is 22.7 Å². The molecule has 2 aromatic rings. The predicted octanol–water partition coefficient (Wildman–Crippen LogP) is 4.10. The molecular formula is C22H23N3O4S2. The van der Waals surface area contributed by atoms with Gasteiger partial charge in [-0.2, -0.15) is 5.26 Å². The van der Waals surface area contributed by atoms with E-state index in [2.05, 4.69) is 16.7 Å². The van der Waals surface area contributed by atoms with Crippen molar-refractivity contribution >= 4 is 45.8 Å². The number of carbonyl (C=O) groups excluding carboxylic acids is 2. The van der Waals surface area contributed by atoms with Crippen molar-refractivity contribution in [1.82, 2.24) is 5.32 Å². The van der Waals surface area contributed by atoms with Crippen molar-refractivity contribution in [2.75, 3.05) is 18.5 Å². The number of anilines is 1. The van der Waals surface area contributed by atoms with Crippen molar-refractivity contribution < 1.29 is 19.1 Å². The number of rotatable bonds is 6. The number of nitrogens with one attached hydrogen (secondary N) is 2. The number of hydrogen-bond donors (Lipinski definition) is 2. The molecule has 162 valence electrons. The molecule has 9 heteroatoms. The van der Waals surface area contributed by atoms with E-state index in [9.17, 15) is 14.9 Å². The van der Waals surface area contributed by atoms with Gasteiger partial charge in [-0.15, -0.1) is 22.7 Å². The Hall–Kier alpha value is -2.67. The zero-order valence-corrected chi connectivity index (χ0v) is 18.5. The van der Waals surface area contributed by atoms with Crippen molar-refractivity contribution in [3.63, 3.8) is 0 Å². The highest BCUT2D eigenvalue weighted by molar-refractivity contribution is 7.16. The molecule has 0 spiro atoms. The van der Waals surface area contributed by atoms with E-state index in [1.165, 1.54) is 17.4 Å². The van der Waals surface area contributed by atoms with Crippen molar-refractivity contribution in [2.45, 2.75) is 44.3 Å². The maximum Gasteiger partial charge on any atom is 0.407 e. The van der Waals surface area contributed by atoms with Crippen molar-refractivity contribution in [2.24, 2.45) is 0 Å². The zero-order chi connectivity index (χ0) is 21.6. The summed E-state index contributed by atoms with van der Waals surface area (Å²) in [5.74, 6) is -0.273. The van der Waals surface area contributed by atoms with Gasteiger partial charge in [0.25, 0.3) is 0 Å². The van der Waals surface area contributed by atoms with Crippen LogP contribution in [0.4, 0.5) is 9.80 Å². The Kier molecular flexibility index (Phi) is 7.02. The van der Waals surface area contributed by atoms with E-state index in [4.69, 9.17) is 9.47 Å². The summed E-state index contributed by atoms with van der Waals surface area (Å²) in [6.45, 7) is 1.21. The molecule has 2 aliphatic rings. The molecular weight excluding hydrogens is 434 g/mol. The van der Waals surface area contributed by atoms with Gasteiger partial charge in [-0.3, -0.25) is 4.79 Å². The number of ether oxygens (including phenoxy) is 2. The summed E-state index contributed by atoms with van der Waals surface area (Å²) in [5, 5.41) is 17.7. The van der Waals surface area contributed by atoms with E-state index in [0.717, 1.165) is 34.8 Å². The topological polar surface area (TPSA) is 100 Å². The Morgan fingerprint density at radius 2 is 2.29 bits per heavy atom. The maximum atomic E-state index is 12.3. The van der Waals surface area contributed by atoms with Crippen LogP contribution in [0, 0.1) is 11.3 Å². The minimum atomic E-state index is -0.437. The fourth-order valence-electron chi connectivity index (χ4n) is 3.76. The summed E-state index contributed by atoms with van der Waals surface area (Å²) in [4.78, 5) is 26.4. The third kappa shape index (κ3) is 5.53. The maximum absolute atomic E-state index is 12.3. The number of nitriles is 1. The monoisotopic (exact) mass is 457 g/mol. The van der Waals surface area contributed by atoms with Crippen LogP contribution in [-0.2, 0) is 27.1 Å². The highest BCUT2D eigenvalue weighted by Gasteiger charge is 2.28. The van der Waals surface area contributed by atoms with Crippen LogP contribution in [0.5, 0.6) is 0 Å². The number of alkyl carbamates (subject to hydrolysis) is 1. The van der Waals surface area contributed by atoms with Crippen LogP contribution in [0.15, 0.2) is 23.6 Å². The number of carbonyl (C=O) groups is 2. The lowest BCUT2D eigenvalue weighted by Gasteiger charge is -2.23. The van der Waals surface area contributed by atoms with E-state index >= 15 is 0 Å². The normalized spacial score (nSPS) is 20.2. The predicted molar refractivity (Wildman–Crippen MR) is 120 cm³/mol. The van der Waals surface area contributed by atoms with Gasteiger partial charge >= 0.3 is 6.09 Å². The molecule has 0 saturated carbocycles. The molecule has 0 bridgehead atoms. The lowest BCUT2D eigenvalue weighted by Crippen LogP contribution is -2.36. The molecule has 2 unspecified atom stereocenters. The number of nitrogens with zero attached hydrogens (tertiary/aromatic N) is 1. The third-order valence-corrected chi connectivity index (χ3v) is 7.29. The minimum Gasteiger partial charge on any atom is -0.446 e. The molecule has 1 saturated heterocycles. The molecule has 1 fully saturated rings. The Bertz CT molecular complexity index is 1000. The molecule has 2 atom stereocenters. The first kappa shape index (κ1) is 21.6. The number of thiophene rings is 2. The fourth-order valence-corrected chi connectivity index (χ4v) is 5.64. The molecule has 4 rings (SSSR count). The van der Waals surface area contributed by atoms with Gasteiger partial charge in [0, 0.05) is 35.4 Å². The number of fused-ring (bicyclic) bond motifs is 1. The highest BCUT2D eigenvalue weighted by Crippen LogP contribution is 2.38. The van der Waals surface area contributed by atoms with Crippen molar-refractivity contribution in [3.8, 4) is 6.07 Å². The van der Waals surface area contributed by atoms with E-state index in [1.54, 1.807) is 17.4 Å². The third-order valence-electron chi connectivity index (χ3n) is 5.28. The van der Waals surface area contributed by atoms with Crippen LogP contribution in [0.1, 0.15) is 40.1 Å². The first-order valence-electron chi connectivity index (χ1n) is 10.3. The van der Waals surface area contributed by atoms with E-state index < -0.39 is 6.09 Å². The second-order valence-corrected chi connectivity index (χ2v) is 9.53. The van der Waals surface area contributed by atoms with Gasteiger partial charge in [-0.05, 0) is 48.8 Å². The van der Waals surface area contributed by atoms with E-state index in [1.807, 2.05) is 17.5 Å². The molecule has 1 aliphatic carbocycles. The molecule has 3 heterocycles. The van der Waals surface area contributed by atoms with E-state index in [0.29, 0.717) is 36.4 Å². The molecule has 1 aliphatic heterocycles. The molecule has 0 aromatic carbocycles. The molecule has 2 aromatic heterocycles. The van der Waals surface area contributed by atoms with Gasteiger partial charge < -0.3 is 20.1 Å². The lowest BCUT2D eigenvalue weighted by molar-refractivity contribution is -0.111. The average molecular weight is 458 g/mol. The first-order chi connectivity index (χ1) is 15.1. The summed E-state index contributed by atoms with van der Waals surface area (Å²) in [6, 6.07) is 6.07. The average Bonchev–Trinajstić information content (AvgIpc) is 3.51. The lowest BCUT2D eigenvalue weighted by atomic mass is 9.94. The van der Waals surface area contributed by atoms with Crippen molar-refractivity contribution in [3.05, 3.63) is 44.5 Å². The summed E-state index contributed by atoms with van der Waals surface area (Å²) in [5.41, 5.74) is 1.46. The quantitative estimate of drug-likeness (QED) is 0.636.